The Hall–Kier alpha value is -1.00. The molecule has 1 N–H and O–H groups in total. The molecular weight excluding hydrogens is 398 g/mol. The van der Waals surface area contributed by atoms with Gasteiger partial charge in [-0.05, 0) is 49.7 Å². The molecule has 0 aromatic heterocycles. The maximum Gasteiger partial charge on any atom is 0.279 e. The molecule has 1 heterocycles. The highest BCUT2D eigenvalue weighted by Gasteiger charge is 2.31. The van der Waals surface area contributed by atoms with Crippen LogP contribution in [-0.2, 0) is 26.8 Å². The molecule has 0 bridgehead atoms. The van der Waals surface area contributed by atoms with Gasteiger partial charge in [-0.1, -0.05) is 31.5 Å². The Morgan fingerprint density at radius 3 is 2.39 bits per heavy atom. The first-order chi connectivity index (χ1) is 13.3. The highest BCUT2D eigenvalue weighted by molar-refractivity contribution is 7.89. The molecule has 9 heteroatoms. The van der Waals surface area contributed by atoms with Crippen molar-refractivity contribution in [3.05, 3.63) is 29.8 Å². The molecule has 1 aromatic rings. The predicted molar refractivity (Wildman–Crippen MR) is 109 cm³/mol. The fourth-order valence-electron chi connectivity index (χ4n) is 3.55. The Bertz CT molecular complexity index is 861. The third kappa shape index (κ3) is 5.33. The molecule has 1 aliphatic heterocycles. The highest BCUT2D eigenvalue weighted by Crippen LogP contribution is 2.30. The van der Waals surface area contributed by atoms with Crippen LogP contribution in [0.4, 0.5) is 0 Å². The summed E-state index contributed by atoms with van der Waals surface area (Å²) < 4.78 is 57.3. The van der Waals surface area contributed by atoms with Gasteiger partial charge >= 0.3 is 0 Å². The number of piperidine rings is 1. The number of nitrogens with one attached hydrogen (secondary N) is 1. The van der Waals surface area contributed by atoms with Gasteiger partial charge in [0.15, 0.2) is 0 Å². The minimum atomic E-state index is -3.65. The van der Waals surface area contributed by atoms with Gasteiger partial charge < -0.3 is 0 Å². The van der Waals surface area contributed by atoms with Crippen molar-refractivity contribution in [2.75, 3.05) is 26.2 Å². The molecule has 0 atom stereocenters. The lowest BCUT2D eigenvalue weighted by atomic mass is 10.2. The van der Waals surface area contributed by atoms with Crippen molar-refractivity contribution in [2.45, 2.75) is 56.9 Å². The van der Waals surface area contributed by atoms with Gasteiger partial charge in [0, 0.05) is 32.7 Å². The Balaban J connectivity index is 1.75. The fourth-order valence-corrected chi connectivity index (χ4v) is 6.64. The molecule has 0 amide bonds. The second-order valence-electron chi connectivity index (χ2n) is 7.70. The molecule has 0 radical (unpaired) electrons. The van der Waals surface area contributed by atoms with Crippen LogP contribution in [0.3, 0.4) is 0 Å². The summed E-state index contributed by atoms with van der Waals surface area (Å²) in [7, 11) is -7.26. The van der Waals surface area contributed by atoms with E-state index in [0.717, 1.165) is 38.5 Å². The van der Waals surface area contributed by atoms with E-state index in [9.17, 15) is 16.8 Å². The van der Waals surface area contributed by atoms with Crippen molar-refractivity contribution in [2.24, 2.45) is 5.92 Å². The normalized spacial score (nSPS) is 19.2. The Morgan fingerprint density at radius 2 is 1.75 bits per heavy atom. The van der Waals surface area contributed by atoms with E-state index in [2.05, 4.69) is 4.72 Å². The van der Waals surface area contributed by atoms with E-state index in [1.165, 1.54) is 8.61 Å². The molecule has 0 unspecified atom stereocenters. The first kappa shape index (κ1) is 21.7. The smallest absolute Gasteiger partial charge is 0.207 e. The van der Waals surface area contributed by atoms with Crippen molar-refractivity contribution < 1.29 is 16.8 Å². The number of nitrogens with zero attached hydrogens (tertiary/aromatic N) is 2. The maximum absolute atomic E-state index is 13.1. The summed E-state index contributed by atoms with van der Waals surface area (Å²) in [6.45, 7) is 3.98. The van der Waals surface area contributed by atoms with Crippen LogP contribution in [-0.4, -0.2) is 51.6 Å². The lowest BCUT2D eigenvalue weighted by Crippen LogP contribution is -2.42. The van der Waals surface area contributed by atoms with E-state index >= 15 is 0 Å². The predicted octanol–water partition coefficient (Wildman–Crippen LogP) is 2.32. The van der Waals surface area contributed by atoms with Crippen LogP contribution < -0.4 is 4.72 Å². The largest absolute Gasteiger partial charge is 0.279 e. The zero-order chi connectivity index (χ0) is 20.2. The molecule has 2 aliphatic rings. The van der Waals surface area contributed by atoms with Crippen molar-refractivity contribution in [1.82, 2.24) is 13.3 Å². The minimum Gasteiger partial charge on any atom is -0.207 e. The summed E-state index contributed by atoms with van der Waals surface area (Å²) in [5.41, 5.74) is 0.486. The number of benzene rings is 1. The summed E-state index contributed by atoms with van der Waals surface area (Å²) >= 11 is 0. The summed E-state index contributed by atoms with van der Waals surface area (Å²) in [5.74, 6) is 0.454. The van der Waals surface area contributed by atoms with Gasteiger partial charge in [-0.3, -0.25) is 0 Å². The summed E-state index contributed by atoms with van der Waals surface area (Å²) in [4.78, 5) is 0.198. The Kier molecular flexibility index (Phi) is 7.14. The molecule has 1 aliphatic carbocycles. The monoisotopic (exact) mass is 429 g/mol. The first-order valence-corrected chi connectivity index (χ1v) is 13.1. The second-order valence-corrected chi connectivity index (χ2v) is 11.4. The first-order valence-electron chi connectivity index (χ1n) is 10.2. The minimum absolute atomic E-state index is 0.0313. The maximum atomic E-state index is 13.1. The third-order valence-electron chi connectivity index (χ3n) is 5.32. The van der Waals surface area contributed by atoms with Crippen molar-refractivity contribution in [3.8, 4) is 0 Å². The van der Waals surface area contributed by atoms with E-state index in [-0.39, 0.29) is 11.4 Å². The van der Waals surface area contributed by atoms with Gasteiger partial charge in [0.2, 0.25) is 10.0 Å². The Morgan fingerprint density at radius 1 is 1.07 bits per heavy atom. The number of sulfonamides is 1. The average Bonchev–Trinajstić information content (AvgIpc) is 3.51. The zero-order valence-corrected chi connectivity index (χ0v) is 18.1. The molecular formula is C19H31N3O4S2. The Labute approximate surface area is 169 Å². The molecule has 1 aromatic carbocycles. The van der Waals surface area contributed by atoms with E-state index in [4.69, 9.17) is 0 Å². The number of hydrogen-bond acceptors (Lipinski definition) is 4. The number of hydrogen-bond donors (Lipinski definition) is 1. The van der Waals surface area contributed by atoms with Gasteiger partial charge in [-0.25, -0.2) is 8.42 Å². The number of rotatable bonds is 10. The van der Waals surface area contributed by atoms with Crippen molar-refractivity contribution in [3.63, 3.8) is 0 Å². The lowest BCUT2D eigenvalue weighted by Gasteiger charge is -2.27. The van der Waals surface area contributed by atoms with Crippen molar-refractivity contribution >= 4 is 20.2 Å². The quantitative estimate of drug-likeness (QED) is 0.618. The van der Waals surface area contributed by atoms with Gasteiger partial charge in [0.05, 0.1) is 4.90 Å². The molecule has 1 saturated carbocycles. The van der Waals surface area contributed by atoms with Crippen LogP contribution in [0.1, 0.15) is 51.0 Å². The molecule has 0 spiro atoms. The molecule has 158 valence electrons. The van der Waals surface area contributed by atoms with E-state index in [1.54, 1.807) is 24.3 Å². The van der Waals surface area contributed by atoms with E-state index in [1.807, 2.05) is 6.92 Å². The lowest BCUT2D eigenvalue weighted by molar-refractivity contribution is 0.346. The topological polar surface area (TPSA) is 86.8 Å². The third-order valence-corrected chi connectivity index (χ3v) is 8.84. The second kappa shape index (κ2) is 9.21. The van der Waals surface area contributed by atoms with Crippen molar-refractivity contribution in [1.29, 1.82) is 0 Å². The highest BCUT2D eigenvalue weighted by atomic mass is 32.2. The van der Waals surface area contributed by atoms with Crippen LogP contribution in [0, 0.1) is 5.92 Å². The van der Waals surface area contributed by atoms with Crippen LogP contribution in [0.25, 0.3) is 0 Å². The van der Waals surface area contributed by atoms with Gasteiger partial charge in [-0.2, -0.15) is 21.8 Å². The fraction of sp³-hybridized carbons (Fsp3) is 0.684. The van der Waals surface area contributed by atoms with E-state index in [0.29, 0.717) is 37.7 Å². The zero-order valence-electron chi connectivity index (χ0n) is 16.5. The SMILES string of the molecule is CCCN(CC1CC1)S(=O)(=O)NCc1ccccc1S(=O)(=O)N1CCCCC1. The van der Waals surface area contributed by atoms with Crippen LogP contribution >= 0.6 is 0 Å². The van der Waals surface area contributed by atoms with Crippen LogP contribution in [0.15, 0.2) is 29.2 Å². The molecule has 2 fully saturated rings. The summed E-state index contributed by atoms with van der Waals surface area (Å²) in [6.07, 6.45) is 5.66. The van der Waals surface area contributed by atoms with Gasteiger partial charge in [0.25, 0.3) is 10.2 Å². The molecule has 3 rings (SSSR count). The van der Waals surface area contributed by atoms with Gasteiger partial charge in [-0.15, -0.1) is 0 Å². The standard InChI is InChI=1S/C19H31N3O4S2/c1-2-12-22(16-17-10-11-17)28(25,26)20-15-18-8-4-5-9-19(18)27(23,24)21-13-6-3-7-14-21/h4-5,8-9,17,20H,2-3,6-7,10-16H2,1H3. The van der Waals surface area contributed by atoms with Gasteiger partial charge in [0.1, 0.15) is 0 Å². The molecule has 7 nitrogen and oxygen atoms in total. The van der Waals surface area contributed by atoms with Crippen LogP contribution in [0.2, 0.25) is 0 Å². The average molecular weight is 430 g/mol. The van der Waals surface area contributed by atoms with Crippen LogP contribution in [0.5, 0.6) is 0 Å². The summed E-state index contributed by atoms with van der Waals surface area (Å²) in [5, 5.41) is 0. The van der Waals surface area contributed by atoms with E-state index < -0.39 is 20.2 Å². The molecule has 1 saturated heterocycles. The molecule has 28 heavy (non-hydrogen) atoms. The summed E-state index contributed by atoms with van der Waals surface area (Å²) in [6, 6.07) is 6.68.